The lowest BCUT2D eigenvalue weighted by molar-refractivity contribution is 0.0900. The summed E-state index contributed by atoms with van der Waals surface area (Å²) >= 11 is 0. The molecule has 1 amide bonds. The van der Waals surface area contributed by atoms with Gasteiger partial charge in [0, 0.05) is 12.4 Å². The Morgan fingerprint density at radius 3 is 2.38 bits per heavy atom. The minimum Gasteiger partial charge on any atom is -0.342 e. The number of hydrogen-bond donors (Lipinski definition) is 2. The zero-order valence-electron chi connectivity index (χ0n) is 13.8. The van der Waals surface area contributed by atoms with Crippen LogP contribution in [0.5, 0.6) is 0 Å². The molecule has 0 saturated heterocycles. The SMILES string of the molecule is NCC1CCC([C@@H](NC(=O)c2ccccn2)c2ccccn2)CC1. The first-order chi connectivity index (χ1) is 11.8. The maximum Gasteiger partial charge on any atom is 0.270 e. The van der Waals surface area contributed by atoms with Crippen molar-refractivity contribution in [2.75, 3.05) is 6.54 Å². The molecule has 1 aliphatic rings. The van der Waals surface area contributed by atoms with Crippen LogP contribution in [0, 0.1) is 11.8 Å². The summed E-state index contributed by atoms with van der Waals surface area (Å²) in [5.41, 5.74) is 7.16. The van der Waals surface area contributed by atoms with Gasteiger partial charge in [-0.2, -0.15) is 0 Å². The number of aromatic nitrogens is 2. The molecule has 3 N–H and O–H groups in total. The van der Waals surface area contributed by atoms with Crippen molar-refractivity contribution in [3.8, 4) is 0 Å². The summed E-state index contributed by atoms with van der Waals surface area (Å²) in [6, 6.07) is 11.1. The molecule has 1 aliphatic carbocycles. The molecule has 1 saturated carbocycles. The Balaban J connectivity index is 1.77. The lowest BCUT2D eigenvalue weighted by Gasteiger charge is -2.33. The largest absolute Gasteiger partial charge is 0.342 e. The molecule has 0 aromatic carbocycles. The Bertz CT molecular complexity index is 639. The second-order valence-electron chi connectivity index (χ2n) is 6.44. The zero-order chi connectivity index (χ0) is 16.8. The van der Waals surface area contributed by atoms with E-state index in [1.807, 2.05) is 24.3 Å². The summed E-state index contributed by atoms with van der Waals surface area (Å²) in [6.45, 7) is 0.751. The number of carbonyl (C=O) groups excluding carboxylic acids is 1. The van der Waals surface area contributed by atoms with E-state index in [0.717, 1.165) is 37.9 Å². The Morgan fingerprint density at radius 1 is 1.08 bits per heavy atom. The molecule has 0 unspecified atom stereocenters. The predicted octanol–water partition coefficient (Wildman–Crippen LogP) is 2.71. The molecule has 126 valence electrons. The van der Waals surface area contributed by atoms with Crippen molar-refractivity contribution in [3.05, 3.63) is 60.2 Å². The van der Waals surface area contributed by atoms with E-state index in [9.17, 15) is 4.79 Å². The van der Waals surface area contributed by atoms with E-state index in [-0.39, 0.29) is 11.9 Å². The van der Waals surface area contributed by atoms with E-state index in [2.05, 4.69) is 15.3 Å². The van der Waals surface area contributed by atoms with Crippen molar-refractivity contribution >= 4 is 5.91 Å². The van der Waals surface area contributed by atoms with Crippen LogP contribution in [-0.4, -0.2) is 22.4 Å². The average Bonchev–Trinajstić information content (AvgIpc) is 2.67. The Labute approximate surface area is 142 Å². The fourth-order valence-electron chi connectivity index (χ4n) is 3.46. The molecule has 1 atom stereocenters. The van der Waals surface area contributed by atoms with Crippen LogP contribution in [0.25, 0.3) is 0 Å². The second-order valence-corrected chi connectivity index (χ2v) is 6.44. The highest BCUT2D eigenvalue weighted by molar-refractivity contribution is 5.92. The molecular formula is C19H24N4O. The molecule has 5 heteroatoms. The number of hydrogen-bond acceptors (Lipinski definition) is 4. The third kappa shape index (κ3) is 3.97. The minimum atomic E-state index is -0.146. The van der Waals surface area contributed by atoms with E-state index in [0.29, 0.717) is 17.5 Å². The summed E-state index contributed by atoms with van der Waals surface area (Å²) < 4.78 is 0. The van der Waals surface area contributed by atoms with Gasteiger partial charge in [0.25, 0.3) is 5.91 Å². The van der Waals surface area contributed by atoms with Gasteiger partial charge in [-0.25, -0.2) is 0 Å². The smallest absolute Gasteiger partial charge is 0.270 e. The van der Waals surface area contributed by atoms with E-state index >= 15 is 0 Å². The average molecular weight is 324 g/mol. The van der Waals surface area contributed by atoms with Crippen LogP contribution in [-0.2, 0) is 0 Å². The molecule has 3 rings (SSSR count). The molecule has 1 fully saturated rings. The zero-order valence-corrected chi connectivity index (χ0v) is 13.8. The molecule has 0 aliphatic heterocycles. The predicted molar refractivity (Wildman–Crippen MR) is 93.2 cm³/mol. The summed E-state index contributed by atoms with van der Waals surface area (Å²) in [5.74, 6) is 0.847. The van der Waals surface area contributed by atoms with E-state index in [4.69, 9.17) is 5.73 Å². The molecule has 0 spiro atoms. The first-order valence-corrected chi connectivity index (χ1v) is 8.61. The highest BCUT2D eigenvalue weighted by atomic mass is 16.1. The second kappa shape index (κ2) is 8.02. The minimum absolute atomic E-state index is 0.0839. The van der Waals surface area contributed by atoms with Gasteiger partial charge in [-0.15, -0.1) is 0 Å². The monoisotopic (exact) mass is 324 g/mol. The first-order valence-electron chi connectivity index (χ1n) is 8.61. The summed E-state index contributed by atoms with van der Waals surface area (Å²) in [4.78, 5) is 21.2. The number of pyridine rings is 2. The van der Waals surface area contributed by atoms with Gasteiger partial charge in [-0.3, -0.25) is 14.8 Å². The Hall–Kier alpha value is -2.27. The Morgan fingerprint density at radius 2 is 1.79 bits per heavy atom. The van der Waals surface area contributed by atoms with Crippen molar-refractivity contribution < 1.29 is 4.79 Å². The molecular weight excluding hydrogens is 300 g/mol. The van der Waals surface area contributed by atoms with Gasteiger partial charge in [-0.05, 0) is 68.3 Å². The fraction of sp³-hybridized carbons (Fsp3) is 0.421. The Kier molecular flexibility index (Phi) is 5.54. The van der Waals surface area contributed by atoms with Gasteiger partial charge in [0.05, 0.1) is 11.7 Å². The summed E-state index contributed by atoms with van der Waals surface area (Å²) in [6.07, 6.45) is 7.77. The van der Waals surface area contributed by atoms with Crippen molar-refractivity contribution in [1.82, 2.24) is 15.3 Å². The quantitative estimate of drug-likeness (QED) is 0.886. The van der Waals surface area contributed by atoms with Gasteiger partial charge < -0.3 is 11.1 Å². The number of carbonyl (C=O) groups is 1. The normalized spacial score (nSPS) is 21.9. The maximum absolute atomic E-state index is 12.6. The molecule has 2 aromatic rings. The van der Waals surface area contributed by atoms with Crippen molar-refractivity contribution in [3.63, 3.8) is 0 Å². The van der Waals surface area contributed by atoms with E-state index in [1.54, 1.807) is 24.5 Å². The highest BCUT2D eigenvalue weighted by Crippen LogP contribution is 2.36. The number of nitrogens with one attached hydrogen (secondary N) is 1. The van der Waals surface area contributed by atoms with Crippen LogP contribution in [0.4, 0.5) is 0 Å². The van der Waals surface area contributed by atoms with Gasteiger partial charge >= 0.3 is 0 Å². The number of amides is 1. The molecule has 5 nitrogen and oxygen atoms in total. The molecule has 0 bridgehead atoms. The topological polar surface area (TPSA) is 80.9 Å². The maximum atomic E-state index is 12.6. The van der Waals surface area contributed by atoms with Gasteiger partial charge in [0.15, 0.2) is 0 Å². The van der Waals surface area contributed by atoms with Crippen LogP contribution >= 0.6 is 0 Å². The van der Waals surface area contributed by atoms with Crippen molar-refractivity contribution in [2.45, 2.75) is 31.7 Å². The van der Waals surface area contributed by atoms with Crippen LogP contribution in [0.15, 0.2) is 48.8 Å². The summed E-state index contributed by atoms with van der Waals surface area (Å²) in [5, 5.41) is 3.16. The van der Waals surface area contributed by atoms with Crippen molar-refractivity contribution in [1.29, 1.82) is 0 Å². The van der Waals surface area contributed by atoms with E-state index in [1.165, 1.54) is 0 Å². The molecule has 2 heterocycles. The number of nitrogens with zero attached hydrogens (tertiary/aromatic N) is 2. The third-order valence-electron chi connectivity index (χ3n) is 4.89. The third-order valence-corrected chi connectivity index (χ3v) is 4.89. The summed E-state index contributed by atoms with van der Waals surface area (Å²) in [7, 11) is 0. The molecule has 0 radical (unpaired) electrons. The standard InChI is InChI=1S/C19H24N4O/c20-13-14-7-9-15(10-8-14)18(16-5-1-3-11-21-16)23-19(24)17-6-2-4-12-22-17/h1-6,11-12,14-15,18H,7-10,13,20H2,(H,23,24)/t14?,15?,18-/m1/s1. The number of nitrogens with two attached hydrogens (primary N) is 1. The van der Waals surface area contributed by atoms with Crippen LogP contribution < -0.4 is 11.1 Å². The first kappa shape index (κ1) is 16.6. The lowest BCUT2D eigenvalue weighted by atomic mass is 9.77. The van der Waals surface area contributed by atoms with E-state index < -0.39 is 0 Å². The van der Waals surface area contributed by atoms with Gasteiger partial charge in [0.1, 0.15) is 5.69 Å². The lowest BCUT2D eigenvalue weighted by Crippen LogP contribution is -2.36. The highest BCUT2D eigenvalue weighted by Gasteiger charge is 2.30. The van der Waals surface area contributed by atoms with Crippen molar-refractivity contribution in [2.24, 2.45) is 17.6 Å². The molecule has 24 heavy (non-hydrogen) atoms. The van der Waals surface area contributed by atoms with Crippen LogP contribution in [0.3, 0.4) is 0 Å². The van der Waals surface area contributed by atoms with Crippen LogP contribution in [0.2, 0.25) is 0 Å². The van der Waals surface area contributed by atoms with Crippen LogP contribution in [0.1, 0.15) is 47.9 Å². The molecule has 2 aromatic heterocycles. The number of rotatable bonds is 5. The van der Waals surface area contributed by atoms with Gasteiger partial charge in [0.2, 0.25) is 0 Å². The fourth-order valence-corrected chi connectivity index (χ4v) is 3.46. The van der Waals surface area contributed by atoms with Gasteiger partial charge in [-0.1, -0.05) is 12.1 Å².